The number of carboxylic acids is 1. The Balaban J connectivity index is 1.98. The monoisotopic (exact) mass is 352 g/mol. The van der Waals surface area contributed by atoms with Gasteiger partial charge in [-0.2, -0.15) is 0 Å². The van der Waals surface area contributed by atoms with Crippen molar-refractivity contribution in [3.63, 3.8) is 0 Å². The summed E-state index contributed by atoms with van der Waals surface area (Å²) in [4.78, 5) is 11.3. The Bertz CT molecular complexity index is 613. The average molecular weight is 353 g/mol. The van der Waals surface area contributed by atoms with Crippen LogP contribution in [0.3, 0.4) is 0 Å². The molecule has 0 radical (unpaired) electrons. The number of carboxylic acid groups (broad SMARTS) is 1. The number of ether oxygens (including phenoxy) is 1. The highest BCUT2D eigenvalue weighted by Crippen LogP contribution is 2.22. The van der Waals surface area contributed by atoms with Crippen molar-refractivity contribution in [3.05, 3.63) is 64.4 Å². The van der Waals surface area contributed by atoms with Crippen LogP contribution >= 0.6 is 15.9 Å². The molecule has 3 nitrogen and oxygen atoms in total. The predicted octanol–water partition coefficient (Wildman–Crippen LogP) is 4.23. The van der Waals surface area contributed by atoms with Gasteiger partial charge in [0.25, 0.3) is 0 Å². The molecule has 0 spiro atoms. The molecular weight excluding hydrogens is 339 g/mol. The third-order valence-electron chi connectivity index (χ3n) is 3.04. The lowest BCUT2D eigenvalue weighted by Gasteiger charge is -2.13. The van der Waals surface area contributed by atoms with E-state index in [1.807, 2.05) is 18.2 Å². The van der Waals surface area contributed by atoms with Crippen LogP contribution in [-0.4, -0.2) is 17.7 Å². The molecule has 2 rings (SSSR count). The van der Waals surface area contributed by atoms with E-state index in [0.29, 0.717) is 17.7 Å². The molecule has 0 aliphatic heterocycles. The summed E-state index contributed by atoms with van der Waals surface area (Å²) < 4.78 is 19.3. The van der Waals surface area contributed by atoms with Crippen LogP contribution in [0, 0.1) is 5.82 Å². The third-order valence-corrected chi connectivity index (χ3v) is 3.54. The first-order valence-electron chi connectivity index (χ1n) is 6.43. The Hall–Kier alpha value is -1.88. The van der Waals surface area contributed by atoms with Gasteiger partial charge in [0.05, 0.1) is 12.5 Å². The van der Waals surface area contributed by atoms with Crippen LogP contribution in [0.15, 0.2) is 53.0 Å². The van der Waals surface area contributed by atoms with E-state index < -0.39 is 11.9 Å². The van der Waals surface area contributed by atoms with Crippen LogP contribution in [-0.2, 0) is 4.79 Å². The van der Waals surface area contributed by atoms with Crippen molar-refractivity contribution in [3.8, 4) is 5.75 Å². The molecule has 0 fully saturated rings. The zero-order valence-electron chi connectivity index (χ0n) is 11.1. The number of hydrogen-bond donors (Lipinski definition) is 1. The lowest BCUT2D eigenvalue weighted by atomic mass is 9.96. The van der Waals surface area contributed by atoms with E-state index in [9.17, 15) is 14.3 Å². The second-order valence-corrected chi connectivity index (χ2v) is 5.45. The van der Waals surface area contributed by atoms with Crippen LogP contribution in [0.25, 0.3) is 0 Å². The van der Waals surface area contributed by atoms with Crippen LogP contribution in [0.5, 0.6) is 5.75 Å². The zero-order chi connectivity index (χ0) is 15.2. The van der Waals surface area contributed by atoms with Gasteiger partial charge in [0.15, 0.2) is 0 Å². The van der Waals surface area contributed by atoms with E-state index in [-0.39, 0.29) is 12.4 Å². The summed E-state index contributed by atoms with van der Waals surface area (Å²) in [5, 5.41) is 9.28. The van der Waals surface area contributed by atoms with E-state index in [1.54, 1.807) is 6.07 Å². The minimum Gasteiger partial charge on any atom is -0.494 e. The Morgan fingerprint density at radius 1 is 1.24 bits per heavy atom. The normalized spacial score (nSPS) is 11.9. The van der Waals surface area contributed by atoms with Crippen molar-refractivity contribution < 1.29 is 19.0 Å². The number of halogens is 2. The summed E-state index contributed by atoms with van der Waals surface area (Å²) in [6, 6.07) is 12.9. The third kappa shape index (κ3) is 4.56. The number of aliphatic carboxylic acids is 1. The van der Waals surface area contributed by atoms with Gasteiger partial charge in [0.2, 0.25) is 0 Å². The van der Waals surface area contributed by atoms with Crippen LogP contribution in [0.4, 0.5) is 4.39 Å². The van der Waals surface area contributed by atoms with Gasteiger partial charge in [-0.3, -0.25) is 4.79 Å². The molecular formula is C16H14BrFO3. The second kappa shape index (κ2) is 7.22. The topological polar surface area (TPSA) is 46.5 Å². The van der Waals surface area contributed by atoms with Gasteiger partial charge >= 0.3 is 5.97 Å². The molecule has 0 aliphatic rings. The molecule has 1 unspecified atom stereocenters. The fourth-order valence-electron chi connectivity index (χ4n) is 1.98. The van der Waals surface area contributed by atoms with Crippen molar-refractivity contribution in [2.24, 2.45) is 0 Å². The lowest BCUT2D eigenvalue weighted by molar-refractivity contribution is -0.139. The quantitative estimate of drug-likeness (QED) is 0.846. The molecule has 5 heteroatoms. The van der Waals surface area contributed by atoms with Gasteiger partial charge in [-0.15, -0.1) is 0 Å². The standard InChI is InChI=1S/C16H14BrFO3/c17-12-2-1-3-14(10-12)21-9-8-15(16(19)20)11-4-6-13(18)7-5-11/h1-7,10,15H,8-9H2,(H,19,20). The maximum Gasteiger partial charge on any atom is 0.311 e. The van der Waals surface area contributed by atoms with Crippen molar-refractivity contribution >= 4 is 21.9 Å². The van der Waals surface area contributed by atoms with Gasteiger partial charge in [0, 0.05) is 4.47 Å². The van der Waals surface area contributed by atoms with Crippen molar-refractivity contribution in [1.82, 2.24) is 0 Å². The summed E-state index contributed by atoms with van der Waals surface area (Å²) in [6.45, 7) is 0.269. The van der Waals surface area contributed by atoms with Gasteiger partial charge in [-0.05, 0) is 42.3 Å². The van der Waals surface area contributed by atoms with Gasteiger partial charge in [0.1, 0.15) is 11.6 Å². The second-order valence-electron chi connectivity index (χ2n) is 4.54. The highest BCUT2D eigenvalue weighted by atomic mass is 79.9. The van der Waals surface area contributed by atoms with E-state index in [1.165, 1.54) is 24.3 Å². The molecule has 2 aromatic carbocycles. The minimum absolute atomic E-state index is 0.269. The summed E-state index contributed by atoms with van der Waals surface area (Å²) >= 11 is 3.34. The summed E-state index contributed by atoms with van der Waals surface area (Å²) in [7, 11) is 0. The van der Waals surface area contributed by atoms with E-state index in [4.69, 9.17) is 4.74 Å². The minimum atomic E-state index is -0.945. The first-order chi connectivity index (χ1) is 10.1. The largest absolute Gasteiger partial charge is 0.494 e. The number of hydrogen-bond acceptors (Lipinski definition) is 2. The van der Waals surface area contributed by atoms with Crippen molar-refractivity contribution in [2.45, 2.75) is 12.3 Å². The fourth-order valence-corrected chi connectivity index (χ4v) is 2.36. The molecule has 0 amide bonds. The molecule has 0 aromatic heterocycles. The Morgan fingerprint density at radius 3 is 2.57 bits per heavy atom. The molecule has 0 bridgehead atoms. The van der Waals surface area contributed by atoms with E-state index >= 15 is 0 Å². The van der Waals surface area contributed by atoms with Crippen molar-refractivity contribution in [2.75, 3.05) is 6.61 Å². The number of rotatable bonds is 6. The molecule has 110 valence electrons. The Morgan fingerprint density at radius 2 is 1.95 bits per heavy atom. The predicted molar refractivity (Wildman–Crippen MR) is 81.0 cm³/mol. The fraction of sp³-hybridized carbons (Fsp3) is 0.188. The molecule has 0 aliphatic carbocycles. The first-order valence-corrected chi connectivity index (χ1v) is 7.22. The maximum absolute atomic E-state index is 12.9. The van der Waals surface area contributed by atoms with Gasteiger partial charge < -0.3 is 9.84 Å². The molecule has 1 N–H and O–H groups in total. The lowest BCUT2D eigenvalue weighted by Crippen LogP contribution is -2.15. The van der Waals surface area contributed by atoms with Gasteiger partial charge in [-0.25, -0.2) is 4.39 Å². The maximum atomic E-state index is 12.9. The molecule has 1 atom stereocenters. The van der Waals surface area contributed by atoms with Crippen molar-refractivity contribution in [1.29, 1.82) is 0 Å². The zero-order valence-corrected chi connectivity index (χ0v) is 12.7. The molecule has 0 saturated heterocycles. The van der Waals surface area contributed by atoms with Crippen LogP contribution in [0.2, 0.25) is 0 Å². The molecule has 0 saturated carbocycles. The summed E-state index contributed by atoms with van der Waals surface area (Å²) in [6.07, 6.45) is 0.313. The SMILES string of the molecule is O=C(O)C(CCOc1cccc(Br)c1)c1ccc(F)cc1. The van der Waals surface area contributed by atoms with E-state index in [0.717, 1.165) is 4.47 Å². The molecule has 21 heavy (non-hydrogen) atoms. The highest BCUT2D eigenvalue weighted by Gasteiger charge is 2.19. The number of carbonyl (C=O) groups is 1. The Kier molecular flexibility index (Phi) is 5.33. The van der Waals surface area contributed by atoms with Crippen LogP contribution in [0.1, 0.15) is 17.9 Å². The number of benzene rings is 2. The smallest absolute Gasteiger partial charge is 0.311 e. The van der Waals surface area contributed by atoms with Crippen LogP contribution < -0.4 is 4.74 Å². The molecule has 0 heterocycles. The Labute approximate surface area is 130 Å². The van der Waals surface area contributed by atoms with E-state index in [2.05, 4.69) is 15.9 Å². The average Bonchev–Trinajstić information content (AvgIpc) is 2.45. The summed E-state index contributed by atoms with van der Waals surface area (Å²) in [5.74, 6) is -1.36. The first kappa shape index (κ1) is 15.5. The summed E-state index contributed by atoms with van der Waals surface area (Å²) in [5.41, 5.74) is 0.571. The van der Waals surface area contributed by atoms with Gasteiger partial charge in [-0.1, -0.05) is 34.1 Å². The molecule has 2 aromatic rings. The highest BCUT2D eigenvalue weighted by molar-refractivity contribution is 9.10.